The molecule has 3 rings (SSSR count). The molecule has 0 amide bonds. The molecule has 0 aromatic heterocycles. The molecule has 21 heavy (non-hydrogen) atoms. The van der Waals surface area contributed by atoms with Gasteiger partial charge in [0.25, 0.3) is 0 Å². The Morgan fingerprint density at radius 2 is 1.90 bits per heavy atom. The van der Waals surface area contributed by atoms with Gasteiger partial charge in [0.05, 0.1) is 0 Å². The van der Waals surface area contributed by atoms with Crippen LogP contribution in [0.25, 0.3) is 0 Å². The second-order valence-corrected chi connectivity index (χ2v) is 6.78. The molecule has 0 saturated heterocycles. The molecule has 0 aliphatic heterocycles. The first kappa shape index (κ1) is 14.7. The van der Waals surface area contributed by atoms with Crippen molar-refractivity contribution in [3.63, 3.8) is 0 Å². The Labute approximate surface area is 133 Å². The first-order valence-corrected chi connectivity index (χ1v) is 8.18. The van der Waals surface area contributed by atoms with Gasteiger partial charge in [0.1, 0.15) is 5.82 Å². The lowest BCUT2D eigenvalue weighted by Gasteiger charge is -2.38. The third kappa shape index (κ3) is 3.53. The monoisotopic (exact) mass is 347 g/mol. The molecule has 1 aliphatic carbocycles. The summed E-state index contributed by atoms with van der Waals surface area (Å²) in [4.78, 5) is 0. The summed E-state index contributed by atoms with van der Waals surface area (Å²) in [7, 11) is 0. The molecule has 2 aromatic carbocycles. The predicted octanol–water partition coefficient (Wildman–Crippen LogP) is 5.19. The standard InChI is InChI=1S/C18H19BrFN/c1-12(13-4-2-6-16(19)8-13)21-18-10-15(11-18)14-5-3-7-17(20)9-14/h2-9,12,15,18,21H,10-11H2,1H3/t12-,15?,18?/m0/s1. The number of nitrogens with one attached hydrogen (secondary N) is 1. The van der Waals surface area contributed by atoms with E-state index < -0.39 is 0 Å². The summed E-state index contributed by atoms with van der Waals surface area (Å²) >= 11 is 3.51. The summed E-state index contributed by atoms with van der Waals surface area (Å²) in [6.45, 7) is 2.19. The second-order valence-electron chi connectivity index (χ2n) is 5.86. The van der Waals surface area contributed by atoms with Crippen molar-refractivity contribution in [3.05, 3.63) is 69.9 Å². The Balaban J connectivity index is 1.55. The highest BCUT2D eigenvalue weighted by molar-refractivity contribution is 9.10. The molecule has 0 unspecified atom stereocenters. The maximum atomic E-state index is 13.2. The van der Waals surface area contributed by atoms with Crippen molar-refractivity contribution in [2.24, 2.45) is 0 Å². The Hall–Kier alpha value is -1.19. The molecule has 1 saturated carbocycles. The van der Waals surface area contributed by atoms with Crippen LogP contribution in [0.1, 0.15) is 42.9 Å². The van der Waals surface area contributed by atoms with Crippen molar-refractivity contribution in [2.75, 3.05) is 0 Å². The minimum atomic E-state index is -0.133. The molecule has 0 radical (unpaired) electrons. The van der Waals surface area contributed by atoms with Crippen LogP contribution >= 0.6 is 15.9 Å². The highest BCUT2D eigenvalue weighted by atomic mass is 79.9. The smallest absolute Gasteiger partial charge is 0.123 e. The highest BCUT2D eigenvalue weighted by Crippen LogP contribution is 2.38. The van der Waals surface area contributed by atoms with Crippen LogP contribution in [-0.4, -0.2) is 6.04 Å². The molecule has 1 nitrogen and oxygen atoms in total. The number of benzene rings is 2. The van der Waals surface area contributed by atoms with Crippen LogP contribution in [0.2, 0.25) is 0 Å². The maximum Gasteiger partial charge on any atom is 0.123 e. The van der Waals surface area contributed by atoms with Crippen LogP contribution in [0.5, 0.6) is 0 Å². The van der Waals surface area contributed by atoms with Crippen molar-refractivity contribution in [1.82, 2.24) is 5.32 Å². The fourth-order valence-electron chi connectivity index (χ4n) is 3.01. The van der Waals surface area contributed by atoms with Crippen LogP contribution in [0.15, 0.2) is 53.0 Å². The molecule has 0 spiro atoms. The molecule has 1 fully saturated rings. The normalized spacial score (nSPS) is 22.6. The predicted molar refractivity (Wildman–Crippen MR) is 87.9 cm³/mol. The zero-order chi connectivity index (χ0) is 14.8. The first-order chi connectivity index (χ1) is 10.1. The van der Waals surface area contributed by atoms with Gasteiger partial charge >= 0.3 is 0 Å². The zero-order valence-corrected chi connectivity index (χ0v) is 13.6. The number of rotatable bonds is 4. The first-order valence-electron chi connectivity index (χ1n) is 7.39. The fourth-order valence-corrected chi connectivity index (χ4v) is 3.43. The summed E-state index contributed by atoms with van der Waals surface area (Å²) in [5.74, 6) is 0.360. The molecule has 0 heterocycles. The van der Waals surface area contributed by atoms with E-state index in [4.69, 9.17) is 0 Å². The van der Waals surface area contributed by atoms with Gasteiger partial charge in [-0.3, -0.25) is 0 Å². The quantitative estimate of drug-likeness (QED) is 0.802. The van der Waals surface area contributed by atoms with E-state index >= 15 is 0 Å². The lowest BCUT2D eigenvalue weighted by atomic mass is 9.75. The van der Waals surface area contributed by atoms with E-state index in [9.17, 15) is 4.39 Å². The van der Waals surface area contributed by atoms with Gasteiger partial charge in [0.2, 0.25) is 0 Å². The van der Waals surface area contributed by atoms with Gasteiger partial charge in [-0.05, 0) is 61.1 Å². The Morgan fingerprint density at radius 1 is 1.14 bits per heavy atom. The van der Waals surface area contributed by atoms with Crippen molar-refractivity contribution in [1.29, 1.82) is 0 Å². The molecule has 0 bridgehead atoms. The average molecular weight is 348 g/mol. The highest BCUT2D eigenvalue weighted by Gasteiger charge is 2.31. The SMILES string of the molecule is C[C@H](NC1CC(c2cccc(F)c2)C1)c1cccc(Br)c1. The van der Waals surface area contributed by atoms with Gasteiger partial charge in [-0.25, -0.2) is 4.39 Å². The van der Waals surface area contributed by atoms with Gasteiger partial charge in [0.15, 0.2) is 0 Å². The number of hydrogen-bond acceptors (Lipinski definition) is 1. The van der Waals surface area contributed by atoms with Crippen LogP contribution < -0.4 is 5.32 Å². The van der Waals surface area contributed by atoms with Gasteiger partial charge in [0, 0.05) is 16.6 Å². The maximum absolute atomic E-state index is 13.2. The molecule has 1 N–H and O–H groups in total. The van der Waals surface area contributed by atoms with Crippen LogP contribution in [0, 0.1) is 5.82 Å². The van der Waals surface area contributed by atoms with E-state index in [0.717, 1.165) is 22.9 Å². The van der Waals surface area contributed by atoms with Gasteiger partial charge in [-0.15, -0.1) is 0 Å². The molecule has 110 valence electrons. The Morgan fingerprint density at radius 3 is 2.62 bits per heavy atom. The largest absolute Gasteiger partial charge is 0.307 e. The lowest BCUT2D eigenvalue weighted by Crippen LogP contribution is -2.41. The van der Waals surface area contributed by atoms with Crippen LogP contribution in [-0.2, 0) is 0 Å². The van der Waals surface area contributed by atoms with E-state index in [0.29, 0.717) is 18.0 Å². The van der Waals surface area contributed by atoms with Gasteiger partial charge in [-0.1, -0.05) is 40.2 Å². The summed E-state index contributed by atoms with van der Waals surface area (Å²) in [5, 5.41) is 3.66. The van der Waals surface area contributed by atoms with E-state index in [1.54, 1.807) is 12.1 Å². The fraction of sp³-hybridized carbons (Fsp3) is 0.333. The molecular formula is C18H19BrFN. The van der Waals surface area contributed by atoms with Crippen molar-refractivity contribution >= 4 is 15.9 Å². The Kier molecular flexibility index (Phi) is 4.41. The second kappa shape index (κ2) is 6.29. The molecular weight excluding hydrogens is 329 g/mol. The summed E-state index contributed by atoms with van der Waals surface area (Å²) in [6.07, 6.45) is 2.17. The third-order valence-electron chi connectivity index (χ3n) is 4.29. The Bertz CT molecular complexity index is 622. The van der Waals surface area contributed by atoms with Gasteiger partial charge < -0.3 is 5.32 Å². The van der Waals surface area contributed by atoms with Gasteiger partial charge in [-0.2, -0.15) is 0 Å². The summed E-state index contributed by atoms with van der Waals surface area (Å²) < 4.78 is 14.3. The zero-order valence-electron chi connectivity index (χ0n) is 12.0. The third-order valence-corrected chi connectivity index (χ3v) is 4.79. The van der Waals surface area contributed by atoms with Crippen molar-refractivity contribution < 1.29 is 4.39 Å². The topological polar surface area (TPSA) is 12.0 Å². The van der Waals surface area contributed by atoms with E-state index in [-0.39, 0.29) is 5.82 Å². The molecule has 3 heteroatoms. The van der Waals surface area contributed by atoms with E-state index in [1.807, 2.05) is 12.1 Å². The average Bonchev–Trinajstić information content (AvgIpc) is 2.42. The number of hydrogen-bond donors (Lipinski definition) is 1. The van der Waals surface area contributed by atoms with Crippen LogP contribution in [0.4, 0.5) is 4.39 Å². The lowest BCUT2D eigenvalue weighted by molar-refractivity contribution is 0.270. The minimum Gasteiger partial charge on any atom is -0.307 e. The number of halogens is 2. The molecule has 1 aliphatic rings. The summed E-state index contributed by atoms with van der Waals surface area (Å²) in [5.41, 5.74) is 2.42. The summed E-state index contributed by atoms with van der Waals surface area (Å²) in [6, 6.07) is 16.3. The van der Waals surface area contributed by atoms with Crippen molar-refractivity contribution in [3.8, 4) is 0 Å². The van der Waals surface area contributed by atoms with E-state index in [1.165, 1.54) is 11.6 Å². The molecule has 1 atom stereocenters. The van der Waals surface area contributed by atoms with Crippen LogP contribution in [0.3, 0.4) is 0 Å². The van der Waals surface area contributed by atoms with Crippen molar-refractivity contribution in [2.45, 2.75) is 37.8 Å². The molecule has 2 aromatic rings. The van der Waals surface area contributed by atoms with E-state index in [2.05, 4.69) is 46.4 Å². The minimum absolute atomic E-state index is 0.133.